The summed E-state index contributed by atoms with van der Waals surface area (Å²) in [5.41, 5.74) is 0.634. The van der Waals surface area contributed by atoms with Crippen LogP contribution in [0.2, 0.25) is 0 Å². The van der Waals surface area contributed by atoms with Gasteiger partial charge in [0.15, 0.2) is 0 Å². The molecule has 1 fully saturated rings. The van der Waals surface area contributed by atoms with Crippen LogP contribution in [-0.2, 0) is 4.79 Å². The fourth-order valence-corrected chi connectivity index (χ4v) is 2.47. The minimum absolute atomic E-state index is 0.0714. The van der Waals surface area contributed by atoms with Gasteiger partial charge < -0.3 is 10.0 Å². The minimum Gasteiger partial charge on any atom is -0.481 e. The van der Waals surface area contributed by atoms with Crippen LogP contribution < -0.4 is 4.90 Å². The molecule has 7 nitrogen and oxygen atoms in total. The smallest absolute Gasteiger partial charge is 0.311 e. The number of aliphatic carboxylic acids is 1. The predicted octanol–water partition coefficient (Wildman–Crippen LogP) is 1.60. The quantitative estimate of drug-likeness (QED) is 0.658. The SMILES string of the molecule is Cc1cnc(N2CCC(C(=O)O)C2C)c([N+](=O)[O-])c1. The standard InChI is InChI=1S/C12H15N3O4/c1-7-5-10(15(18)19)11(13-6-7)14-4-3-9(8(14)2)12(16)17/h5-6,8-9H,3-4H2,1-2H3,(H,16,17). The van der Waals surface area contributed by atoms with Gasteiger partial charge in [-0.1, -0.05) is 0 Å². The van der Waals surface area contributed by atoms with Crippen LogP contribution in [0, 0.1) is 23.0 Å². The fraction of sp³-hybridized carbons (Fsp3) is 0.500. The second kappa shape index (κ2) is 4.83. The van der Waals surface area contributed by atoms with E-state index in [1.165, 1.54) is 6.07 Å². The van der Waals surface area contributed by atoms with Gasteiger partial charge in [-0.05, 0) is 25.8 Å². The van der Waals surface area contributed by atoms with Gasteiger partial charge in [0, 0.05) is 24.8 Å². The normalized spacial score (nSPS) is 22.5. The predicted molar refractivity (Wildman–Crippen MR) is 68.2 cm³/mol. The molecular weight excluding hydrogens is 250 g/mol. The molecular formula is C12H15N3O4. The summed E-state index contributed by atoms with van der Waals surface area (Å²) < 4.78 is 0. The number of nitrogens with zero attached hydrogens (tertiary/aromatic N) is 3. The second-order valence-electron chi connectivity index (χ2n) is 4.78. The number of hydrogen-bond donors (Lipinski definition) is 1. The topological polar surface area (TPSA) is 96.6 Å². The number of carboxylic acids is 1. The number of aryl methyl sites for hydroxylation is 1. The molecule has 7 heteroatoms. The first-order valence-electron chi connectivity index (χ1n) is 6.02. The van der Waals surface area contributed by atoms with E-state index in [9.17, 15) is 14.9 Å². The Balaban J connectivity index is 2.38. The molecule has 102 valence electrons. The van der Waals surface area contributed by atoms with Crippen LogP contribution in [0.5, 0.6) is 0 Å². The summed E-state index contributed by atoms with van der Waals surface area (Å²) in [5.74, 6) is -1.13. The molecule has 0 bridgehead atoms. The zero-order chi connectivity index (χ0) is 14.2. The molecule has 2 heterocycles. The Bertz CT molecular complexity index is 532. The van der Waals surface area contributed by atoms with Gasteiger partial charge in [0.05, 0.1) is 10.8 Å². The zero-order valence-electron chi connectivity index (χ0n) is 10.7. The van der Waals surface area contributed by atoms with E-state index in [1.54, 1.807) is 24.9 Å². The lowest BCUT2D eigenvalue weighted by Crippen LogP contribution is -2.33. The van der Waals surface area contributed by atoms with Gasteiger partial charge in [-0.15, -0.1) is 0 Å². The number of carbonyl (C=O) groups is 1. The number of pyridine rings is 1. The highest BCUT2D eigenvalue weighted by Gasteiger charge is 2.38. The molecule has 0 amide bonds. The van der Waals surface area contributed by atoms with Crippen molar-refractivity contribution in [3.63, 3.8) is 0 Å². The van der Waals surface area contributed by atoms with Crippen molar-refractivity contribution < 1.29 is 14.8 Å². The number of carboxylic acid groups (broad SMARTS) is 1. The van der Waals surface area contributed by atoms with Gasteiger partial charge in [-0.2, -0.15) is 0 Å². The van der Waals surface area contributed by atoms with Crippen molar-refractivity contribution in [1.29, 1.82) is 0 Å². The van der Waals surface area contributed by atoms with Crippen molar-refractivity contribution in [2.75, 3.05) is 11.4 Å². The summed E-state index contributed by atoms with van der Waals surface area (Å²) in [6.45, 7) is 3.96. The van der Waals surface area contributed by atoms with Crippen LogP contribution in [0.25, 0.3) is 0 Å². The first-order valence-corrected chi connectivity index (χ1v) is 6.02. The van der Waals surface area contributed by atoms with Crippen LogP contribution in [0.1, 0.15) is 18.9 Å². The van der Waals surface area contributed by atoms with Crippen molar-refractivity contribution >= 4 is 17.5 Å². The molecule has 1 saturated heterocycles. The lowest BCUT2D eigenvalue weighted by Gasteiger charge is -2.23. The molecule has 0 radical (unpaired) electrons. The third kappa shape index (κ3) is 2.35. The van der Waals surface area contributed by atoms with Gasteiger partial charge in [0.1, 0.15) is 0 Å². The van der Waals surface area contributed by atoms with Crippen molar-refractivity contribution in [3.8, 4) is 0 Å². The van der Waals surface area contributed by atoms with Gasteiger partial charge in [-0.3, -0.25) is 14.9 Å². The maximum atomic E-state index is 11.1. The minimum atomic E-state index is -0.871. The summed E-state index contributed by atoms with van der Waals surface area (Å²) in [7, 11) is 0. The van der Waals surface area contributed by atoms with Crippen LogP contribution >= 0.6 is 0 Å². The summed E-state index contributed by atoms with van der Waals surface area (Å²) in [6, 6.07) is 1.16. The van der Waals surface area contributed by atoms with E-state index in [0.717, 1.165) is 0 Å². The molecule has 1 aromatic heterocycles. The molecule has 2 rings (SSSR count). The highest BCUT2D eigenvalue weighted by molar-refractivity contribution is 5.73. The highest BCUT2D eigenvalue weighted by Crippen LogP contribution is 2.34. The number of nitro groups is 1. The lowest BCUT2D eigenvalue weighted by atomic mass is 10.0. The number of hydrogen-bond acceptors (Lipinski definition) is 5. The molecule has 2 unspecified atom stereocenters. The van der Waals surface area contributed by atoms with Gasteiger partial charge in [0.25, 0.3) is 0 Å². The van der Waals surface area contributed by atoms with E-state index < -0.39 is 16.8 Å². The molecule has 2 atom stereocenters. The monoisotopic (exact) mass is 265 g/mol. The lowest BCUT2D eigenvalue weighted by molar-refractivity contribution is -0.384. The van der Waals surface area contributed by atoms with E-state index >= 15 is 0 Å². The van der Waals surface area contributed by atoms with Crippen molar-refractivity contribution in [2.45, 2.75) is 26.3 Å². The Morgan fingerprint density at radius 3 is 2.84 bits per heavy atom. The van der Waals surface area contributed by atoms with Crippen LogP contribution in [-0.4, -0.2) is 33.6 Å². The van der Waals surface area contributed by atoms with E-state index in [0.29, 0.717) is 18.5 Å². The summed E-state index contributed by atoms with van der Waals surface area (Å²) in [6.07, 6.45) is 2.03. The Labute approximate surface area is 110 Å². The molecule has 0 aliphatic carbocycles. The highest BCUT2D eigenvalue weighted by atomic mass is 16.6. The van der Waals surface area contributed by atoms with Gasteiger partial charge in [-0.25, -0.2) is 4.98 Å². The molecule has 1 aliphatic rings. The van der Waals surface area contributed by atoms with Crippen molar-refractivity contribution in [1.82, 2.24) is 4.98 Å². The summed E-state index contributed by atoms with van der Waals surface area (Å²) >= 11 is 0. The molecule has 19 heavy (non-hydrogen) atoms. The van der Waals surface area contributed by atoms with E-state index in [4.69, 9.17) is 5.11 Å². The Morgan fingerprint density at radius 1 is 1.63 bits per heavy atom. The first-order chi connectivity index (χ1) is 8.91. The van der Waals surface area contributed by atoms with Crippen LogP contribution in [0.3, 0.4) is 0 Å². The van der Waals surface area contributed by atoms with Gasteiger partial charge >= 0.3 is 11.7 Å². The summed E-state index contributed by atoms with van der Waals surface area (Å²) in [5, 5.41) is 20.2. The number of anilines is 1. The number of rotatable bonds is 3. The first kappa shape index (κ1) is 13.3. The Hall–Kier alpha value is -2.18. The van der Waals surface area contributed by atoms with Crippen LogP contribution in [0.15, 0.2) is 12.3 Å². The second-order valence-corrected chi connectivity index (χ2v) is 4.78. The van der Waals surface area contributed by atoms with Crippen molar-refractivity contribution in [2.24, 2.45) is 5.92 Å². The largest absolute Gasteiger partial charge is 0.481 e. The van der Waals surface area contributed by atoms with E-state index in [1.807, 2.05) is 0 Å². The molecule has 0 aromatic carbocycles. The maximum absolute atomic E-state index is 11.1. The molecule has 1 N–H and O–H groups in total. The third-order valence-electron chi connectivity index (χ3n) is 3.52. The average molecular weight is 265 g/mol. The average Bonchev–Trinajstić information content (AvgIpc) is 2.71. The maximum Gasteiger partial charge on any atom is 0.311 e. The number of aromatic nitrogens is 1. The van der Waals surface area contributed by atoms with E-state index in [-0.39, 0.29) is 17.5 Å². The Morgan fingerprint density at radius 2 is 2.32 bits per heavy atom. The molecule has 0 saturated carbocycles. The van der Waals surface area contributed by atoms with Gasteiger partial charge in [0.2, 0.25) is 5.82 Å². The molecule has 1 aliphatic heterocycles. The Kier molecular flexibility index (Phi) is 3.37. The van der Waals surface area contributed by atoms with E-state index in [2.05, 4.69) is 4.98 Å². The van der Waals surface area contributed by atoms with Crippen molar-refractivity contribution in [3.05, 3.63) is 27.9 Å². The zero-order valence-corrected chi connectivity index (χ0v) is 10.7. The van der Waals surface area contributed by atoms with Crippen LogP contribution in [0.4, 0.5) is 11.5 Å². The molecule has 1 aromatic rings. The molecule has 0 spiro atoms. The fourth-order valence-electron chi connectivity index (χ4n) is 2.47. The third-order valence-corrected chi connectivity index (χ3v) is 3.52. The summed E-state index contributed by atoms with van der Waals surface area (Å²) in [4.78, 5) is 27.5.